The monoisotopic (exact) mass is 257 g/mol. The molecule has 2 unspecified atom stereocenters. The van der Waals surface area contributed by atoms with Crippen molar-refractivity contribution in [3.63, 3.8) is 0 Å². The van der Waals surface area contributed by atoms with Gasteiger partial charge in [-0.1, -0.05) is 18.2 Å². The topological polar surface area (TPSA) is 12.0 Å². The largest absolute Gasteiger partial charge is 0.389 e. The van der Waals surface area contributed by atoms with Crippen LogP contribution in [0.15, 0.2) is 24.3 Å². The predicted molar refractivity (Wildman–Crippen MR) is 66.8 cm³/mol. The molecule has 1 aromatic rings. The van der Waals surface area contributed by atoms with Crippen molar-refractivity contribution in [2.24, 2.45) is 0 Å². The molecule has 0 bridgehead atoms. The Kier molecular flexibility index (Phi) is 3.83. The molecule has 1 heterocycles. The summed E-state index contributed by atoms with van der Waals surface area (Å²) in [6.07, 6.45) is -2.96. The molecule has 2 rings (SSSR count). The highest BCUT2D eigenvalue weighted by Crippen LogP contribution is 2.38. The van der Waals surface area contributed by atoms with E-state index in [0.717, 1.165) is 17.7 Å². The minimum absolute atomic E-state index is 0.217. The second-order valence-electron chi connectivity index (χ2n) is 5.07. The minimum Gasteiger partial charge on any atom is -0.382 e. The Bertz CT molecular complexity index is 400. The molecular weight excluding hydrogens is 239 g/mol. The molecule has 0 fully saturated rings. The maximum atomic E-state index is 12.2. The van der Waals surface area contributed by atoms with Crippen LogP contribution in [0.3, 0.4) is 0 Å². The standard InChI is InChI=1S/C14H18F3N/c1-10-9-11(5-4-8-14(15,16)17)12-6-2-3-7-13(12)18-10/h2-3,6-7,10-11,18H,4-5,8-9H2,1H3. The van der Waals surface area contributed by atoms with E-state index in [0.29, 0.717) is 12.5 Å². The van der Waals surface area contributed by atoms with E-state index >= 15 is 0 Å². The highest BCUT2D eigenvalue weighted by molar-refractivity contribution is 5.55. The second-order valence-corrected chi connectivity index (χ2v) is 5.07. The van der Waals surface area contributed by atoms with E-state index in [1.807, 2.05) is 24.3 Å². The SMILES string of the molecule is CC1CC(CCCC(F)(F)F)c2ccccc2N1. The van der Waals surface area contributed by atoms with Crippen molar-refractivity contribution in [1.82, 2.24) is 0 Å². The molecule has 4 heteroatoms. The molecule has 0 saturated carbocycles. The van der Waals surface area contributed by atoms with E-state index in [2.05, 4.69) is 12.2 Å². The van der Waals surface area contributed by atoms with Crippen molar-refractivity contribution in [2.75, 3.05) is 5.32 Å². The molecule has 18 heavy (non-hydrogen) atoms. The molecule has 0 saturated heterocycles. The lowest BCUT2D eigenvalue weighted by Gasteiger charge is -2.31. The first kappa shape index (κ1) is 13.2. The molecule has 1 aliphatic heterocycles. The first-order valence-corrected chi connectivity index (χ1v) is 6.38. The Balaban J connectivity index is 2.01. The quantitative estimate of drug-likeness (QED) is 0.827. The second kappa shape index (κ2) is 5.21. The number of nitrogens with one attached hydrogen (secondary N) is 1. The fraction of sp³-hybridized carbons (Fsp3) is 0.571. The molecule has 100 valence electrons. The molecule has 1 N–H and O–H groups in total. The number of para-hydroxylation sites is 1. The zero-order valence-electron chi connectivity index (χ0n) is 10.4. The van der Waals surface area contributed by atoms with Crippen LogP contribution < -0.4 is 5.32 Å². The fourth-order valence-corrected chi connectivity index (χ4v) is 2.68. The third kappa shape index (κ3) is 3.40. The van der Waals surface area contributed by atoms with Crippen LogP contribution in [0.2, 0.25) is 0 Å². The van der Waals surface area contributed by atoms with Crippen LogP contribution in [-0.4, -0.2) is 12.2 Å². The van der Waals surface area contributed by atoms with Crippen LogP contribution >= 0.6 is 0 Å². The highest BCUT2D eigenvalue weighted by Gasteiger charge is 2.28. The Morgan fingerprint density at radius 2 is 2.00 bits per heavy atom. The van der Waals surface area contributed by atoms with Gasteiger partial charge in [-0.2, -0.15) is 13.2 Å². The van der Waals surface area contributed by atoms with Gasteiger partial charge in [-0.3, -0.25) is 0 Å². The summed E-state index contributed by atoms with van der Waals surface area (Å²) in [5.41, 5.74) is 2.24. The van der Waals surface area contributed by atoms with E-state index in [-0.39, 0.29) is 12.3 Å². The van der Waals surface area contributed by atoms with Gasteiger partial charge in [0.15, 0.2) is 0 Å². The third-order valence-corrected chi connectivity index (χ3v) is 3.45. The number of alkyl halides is 3. The molecule has 2 atom stereocenters. The Morgan fingerprint density at radius 1 is 1.28 bits per heavy atom. The van der Waals surface area contributed by atoms with Crippen LogP contribution in [0, 0.1) is 0 Å². The molecule has 1 aliphatic rings. The first-order chi connectivity index (χ1) is 8.46. The van der Waals surface area contributed by atoms with Gasteiger partial charge in [0.25, 0.3) is 0 Å². The van der Waals surface area contributed by atoms with Crippen LogP contribution in [0.5, 0.6) is 0 Å². The van der Waals surface area contributed by atoms with Gasteiger partial charge in [0.1, 0.15) is 0 Å². The van der Waals surface area contributed by atoms with Gasteiger partial charge in [0, 0.05) is 18.2 Å². The number of benzene rings is 1. The summed E-state index contributed by atoms with van der Waals surface area (Å²) >= 11 is 0. The zero-order valence-corrected chi connectivity index (χ0v) is 10.4. The van der Waals surface area contributed by atoms with E-state index < -0.39 is 12.6 Å². The number of anilines is 1. The lowest BCUT2D eigenvalue weighted by Crippen LogP contribution is -2.25. The van der Waals surface area contributed by atoms with E-state index in [9.17, 15) is 13.2 Å². The first-order valence-electron chi connectivity index (χ1n) is 6.38. The molecule has 1 aromatic carbocycles. The highest BCUT2D eigenvalue weighted by atomic mass is 19.4. The normalized spacial score (nSPS) is 23.3. The summed E-state index contributed by atoms with van der Waals surface area (Å²) in [6, 6.07) is 8.26. The van der Waals surface area contributed by atoms with Gasteiger partial charge in [0.05, 0.1) is 0 Å². The lowest BCUT2D eigenvalue weighted by atomic mass is 9.84. The lowest BCUT2D eigenvalue weighted by molar-refractivity contribution is -0.135. The predicted octanol–water partition coefficient (Wildman–Crippen LogP) is 4.71. The molecule has 0 aromatic heterocycles. The summed E-state index contributed by atoms with van der Waals surface area (Å²) in [7, 11) is 0. The van der Waals surface area contributed by atoms with Gasteiger partial charge in [-0.15, -0.1) is 0 Å². The van der Waals surface area contributed by atoms with E-state index in [1.165, 1.54) is 0 Å². The molecule has 0 radical (unpaired) electrons. The van der Waals surface area contributed by atoms with Crippen molar-refractivity contribution in [2.45, 2.75) is 50.7 Å². The number of fused-ring (bicyclic) bond motifs is 1. The number of hydrogen-bond acceptors (Lipinski definition) is 1. The van der Waals surface area contributed by atoms with Gasteiger partial charge in [-0.25, -0.2) is 0 Å². The zero-order chi connectivity index (χ0) is 13.2. The van der Waals surface area contributed by atoms with Crippen molar-refractivity contribution in [3.8, 4) is 0 Å². The van der Waals surface area contributed by atoms with Gasteiger partial charge in [-0.05, 0) is 43.7 Å². The van der Waals surface area contributed by atoms with Crippen LogP contribution in [0.1, 0.15) is 44.1 Å². The van der Waals surface area contributed by atoms with E-state index in [1.54, 1.807) is 0 Å². The molecule has 0 spiro atoms. The fourth-order valence-electron chi connectivity index (χ4n) is 2.68. The van der Waals surface area contributed by atoms with Crippen LogP contribution in [-0.2, 0) is 0 Å². The van der Waals surface area contributed by atoms with Crippen molar-refractivity contribution in [3.05, 3.63) is 29.8 Å². The average Bonchev–Trinajstić information content (AvgIpc) is 2.27. The molecule has 0 aliphatic carbocycles. The van der Waals surface area contributed by atoms with Crippen molar-refractivity contribution >= 4 is 5.69 Å². The Labute approximate surface area is 105 Å². The molecule has 1 nitrogen and oxygen atoms in total. The Hall–Kier alpha value is -1.19. The summed E-state index contributed by atoms with van der Waals surface area (Å²) in [4.78, 5) is 0. The number of rotatable bonds is 3. The Morgan fingerprint density at radius 3 is 2.72 bits per heavy atom. The van der Waals surface area contributed by atoms with Gasteiger partial charge >= 0.3 is 6.18 Å². The summed E-state index contributed by atoms with van der Waals surface area (Å²) in [5, 5.41) is 3.37. The smallest absolute Gasteiger partial charge is 0.382 e. The average molecular weight is 257 g/mol. The van der Waals surface area contributed by atoms with E-state index in [4.69, 9.17) is 0 Å². The van der Waals surface area contributed by atoms with Crippen LogP contribution in [0.4, 0.5) is 18.9 Å². The molecule has 0 amide bonds. The molecular formula is C14H18F3N. The third-order valence-electron chi connectivity index (χ3n) is 3.45. The van der Waals surface area contributed by atoms with Crippen molar-refractivity contribution in [1.29, 1.82) is 0 Å². The van der Waals surface area contributed by atoms with Gasteiger partial charge in [0.2, 0.25) is 0 Å². The summed E-state index contributed by atoms with van der Waals surface area (Å²) < 4.78 is 36.5. The van der Waals surface area contributed by atoms with Gasteiger partial charge < -0.3 is 5.32 Å². The number of hydrogen-bond donors (Lipinski definition) is 1. The minimum atomic E-state index is -4.03. The maximum Gasteiger partial charge on any atom is 0.389 e. The summed E-state index contributed by atoms with van der Waals surface area (Å²) in [5.74, 6) is 0.250. The van der Waals surface area contributed by atoms with Crippen molar-refractivity contribution < 1.29 is 13.2 Å². The van der Waals surface area contributed by atoms with Crippen LogP contribution in [0.25, 0.3) is 0 Å². The maximum absolute atomic E-state index is 12.2. The number of halogens is 3. The summed E-state index contributed by atoms with van der Waals surface area (Å²) in [6.45, 7) is 2.08.